The third kappa shape index (κ3) is 17.0. The minimum absolute atomic E-state index is 0.126. The van der Waals surface area contributed by atoms with Crippen LogP contribution in [0.4, 0.5) is 0 Å². The van der Waals surface area contributed by atoms with E-state index in [1.807, 2.05) is 69.2 Å². The zero-order valence-corrected chi connectivity index (χ0v) is 24.1. The highest BCUT2D eigenvalue weighted by Gasteiger charge is 2.35. The van der Waals surface area contributed by atoms with Gasteiger partial charge in [-0.05, 0) is 34.1 Å². The summed E-state index contributed by atoms with van der Waals surface area (Å²) in [6.07, 6.45) is 1.03. The zero-order chi connectivity index (χ0) is 27.4. The second-order valence-electron chi connectivity index (χ2n) is 8.51. The van der Waals surface area contributed by atoms with Crippen LogP contribution in [0.5, 0.6) is 0 Å². The van der Waals surface area contributed by atoms with Crippen molar-refractivity contribution in [1.82, 2.24) is 10.2 Å². The van der Waals surface area contributed by atoms with Gasteiger partial charge in [0.25, 0.3) is 0 Å². The van der Waals surface area contributed by atoms with E-state index in [-0.39, 0.29) is 48.6 Å². The Morgan fingerprint density at radius 2 is 1.56 bits per heavy atom. The quantitative estimate of drug-likeness (QED) is 0.300. The maximum Gasteiger partial charge on any atom is 0.232 e. The molecule has 0 bridgehead atoms. The fraction of sp³-hybridized carbons (Fsp3) is 0.885. The van der Waals surface area contributed by atoms with Gasteiger partial charge < -0.3 is 19.5 Å². The number of nitrogens with one attached hydrogen (secondary N) is 1. The largest absolute Gasteiger partial charge is 0.378 e. The fourth-order valence-electron chi connectivity index (χ4n) is 2.57. The van der Waals surface area contributed by atoms with E-state index in [4.69, 9.17) is 14.2 Å². The fourth-order valence-corrected chi connectivity index (χ4v) is 2.57. The van der Waals surface area contributed by atoms with Crippen molar-refractivity contribution in [3.05, 3.63) is 0 Å². The SMILES string of the molecule is CC.CC.CC.COC(C)(C)COC(C)(C)COCCCNC(=O)CCN1C(=O)CC(C)C1=O. The van der Waals surface area contributed by atoms with Gasteiger partial charge in [0.15, 0.2) is 0 Å². The van der Waals surface area contributed by atoms with Crippen LogP contribution in [0.3, 0.4) is 0 Å². The maximum absolute atomic E-state index is 11.9. The Hall–Kier alpha value is -1.51. The van der Waals surface area contributed by atoms with E-state index in [1.165, 1.54) is 4.90 Å². The van der Waals surface area contributed by atoms with Gasteiger partial charge in [-0.1, -0.05) is 48.5 Å². The summed E-state index contributed by atoms with van der Waals surface area (Å²) in [5.74, 6) is -0.838. The standard InChI is InChI=1S/C20H36N2O6.3C2H6/c1-15-12-17(24)22(18(15)25)10-8-16(23)21-9-7-11-27-13-20(4,5)28-14-19(2,3)26-6;3*1-2/h15H,7-14H2,1-6H3,(H,21,23);3*1-2H3. The molecule has 0 aromatic carbocycles. The predicted molar refractivity (Wildman–Crippen MR) is 139 cm³/mol. The lowest BCUT2D eigenvalue weighted by atomic mass is 10.1. The molecular weight excluding hydrogens is 436 g/mol. The first-order valence-electron chi connectivity index (χ1n) is 12.9. The van der Waals surface area contributed by atoms with Crippen LogP contribution in [-0.2, 0) is 28.6 Å². The topological polar surface area (TPSA) is 94.2 Å². The molecule has 8 nitrogen and oxygen atoms in total. The first-order valence-corrected chi connectivity index (χ1v) is 12.9. The first kappa shape index (κ1) is 37.0. The number of hydrogen-bond donors (Lipinski definition) is 1. The Kier molecular flexibility index (Phi) is 22.7. The second-order valence-corrected chi connectivity index (χ2v) is 8.51. The molecule has 1 fully saturated rings. The minimum Gasteiger partial charge on any atom is -0.378 e. The lowest BCUT2D eigenvalue weighted by Gasteiger charge is -2.31. The number of carbonyl (C=O) groups is 3. The Bertz CT molecular complexity index is 549. The van der Waals surface area contributed by atoms with Crippen LogP contribution in [0.2, 0.25) is 0 Å². The van der Waals surface area contributed by atoms with Gasteiger partial charge in [0, 0.05) is 45.6 Å². The van der Waals surface area contributed by atoms with Crippen molar-refractivity contribution in [3.63, 3.8) is 0 Å². The molecule has 0 radical (unpaired) electrons. The molecule has 34 heavy (non-hydrogen) atoms. The van der Waals surface area contributed by atoms with E-state index in [1.54, 1.807) is 14.0 Å². The van der Waals surface area contributed by atoms with Crippen LogP contribution < -0.4 is 5.32 Å². The minimum atomic E-state index is -0.426. The summed E-state index contributed by atoms with van der Waals surface area (Å²) >= 11 is 0. The number of ether oxygens (including phenoxy) is 3. The molecule has 0 spiro atoms. The molecule has 1 saturated heterocycles. The van der Waals surface area contributed by atoms with Crippen LogP contribution in [0, 0.1) is 5.92 Å². The molecule has 8 heteroatoms. The highest BCUT2D eigenvalue weighted by atomic mass is 16.6. The molecule has 204 valence electrons. The summed E-state index contributed by atoms with van der Waals surface area (Å²) in [5, 5.41) is 2.78. The van der Waals surface area contributed by atoms with Gasteiger partial charge in [-0.25, -0.2) is 0 Å². The molecule has 0 saturated carbocycles. The van der Waals surface area contributed by atoms with Crippen molar-refractivity contribution in [3.8, 4) is 0 Å². The van der Waals surface area contributed by atoms with Crippen LogP contribution >= 0.6 is 0 Å². The molecule has 0 aromatic rings. The average molecular weight is 491 g/mol. The Balaban J connectivity index is -0.00000148. The second kappa shape index (κ2) is 20.8. The van der Waals surface area contributed by atoms with Gasteiger partial charge in [-0.2, -0.15) is 0 Å². The molecule has 1 rings (SSSR count). The van der Waals surface area contributed by atoms with Crippen LogP contribution in [0.15, 0.2) is 0 Å². The van der Waals surface area contributed by atoms with Gasteiger partial charge >= 0.3 is 0 Å². The molecule has 1 atom stereocenters. The molecule has 0 aromatic heterocycles. The smallest absolute Gasteiger partial charge is 0.232 e. The number of nitrogens with zero attached hydrogens (tertiary/aromatic N) is 1. The number of imide groups is 1. The summed E-state index contributed by atoms with van der Waals surface area (Å²) < 4.78 is 16.8. The van der Waals surface area contributed by atoms with Crippen molar-refractivity contribution in [2.45, 2.75) is 107 Å². The average Bonchev–Trinajstić information content (AvgIpc) is 3.08. The van der Waals surface area contributed by atoms with Gasteiger partial charge in [-0.3, -0.25) is 19.3 Å². The van der Waals surface area contributed by atoms with Crippen molar-refractivity contribution in [2.24, 2.45) is 5.92 Å². The van der Waals surface area contributed by atoms with Gasteiger partial charge in [0.1, 0.15) is 0 Å². The van der Waals surface area contributed by atoms with E-state index in [0.29, 0.717) is 32.8 Å². The first-order chi connectivity index (χ1) is 16.0. The highest BCUT2D eigenvalue weighted by Crippen LogP contribution is 2.18. The number of likely N-dealkylation sites (tertiary alicyclic amines) is 1. The lowest BCUT2D eigenvalue weighted by molar-refractivity contribution is -0.139. The summed E-state index contributed by atoms with van der Waals surface area (Å²) in [4.78, 5) is 36.5. The number of amides is 3. The molecule has 1 unspecified atom stereocenters. The van der Waals surface area contributed by atoms with E-state index < -0.39 is 5.60 Å². The summed E-state index contributed by atoms with van der Waals surface area (Å²) in [5.41, 5.74) is -0.769. The molecule has 1 aliphatic heterocycles. The molecule has 3 amide bonds. The lowest BCUT2D eigenvalue weighted by Crippen LogP contribution is -2.38. The summed E-state index contributed by atoms with van der Waals surface area (Å²) in [6, 6.07) is 0. The van der Waals surface area contributed by atoms with E-state index >= 15 is 0 Å². The summed E-state index contributed by atoms with van der Waals surface area (Å²) in [6.45, 7) is 23.6. The monoisotopic (exact) mass is 490 g/mol. The van der Waals surface area contributed by atoms with E-state index in [9.17, 15) is 14.4 Å². The van der Waals surface area contributed by atoms with Crippen LogP contribution in [0.1, 0.15) is 95.4 Å². The Morgan fingerprint density at radius 3 is 2.03 bits per heavy atom. The number of methoxy groups -OCH3 is 1. The normalized spacial score (nSPS) is 15.4. The van der Waals surface area contributed by atoms with Crippen molar-refractivity contribution < 1.29 is 28.6 Å². The van der Waals surface area contributed by atoms with E-state index in [2.05, 4.69) is 5.32 Å². The molecule has 0 aliphatic carbocycles. The Labute approximate surface area is 209 Å². The number of rotatable bonds is 13. The third-order valence-electron chi connectivity index (χ3n) is 4.63. The van der Waals surface area contributed by atoms with Crippen molar-refractivity contribution >= 4 is 17.7 Å². The predicted octanol–water partition coefficient (Wildman–Crippen LogP) is 4.59. The van der Waals surface area contributed by atoms with Gasteiger partial charge in [-0.15, -0.1) is 0 Å². The van der Waals surface area contributed by atoms with Gasteiger partial charge in [0.05, 0.1) is 24.4 Å². The Morgan fingerprint density at radius 1 is 1.00 bits per heavy atom. The number of carbonyl (C=O) groups excluding carboxylic acids is 3. The molecule has 1 aliphatic rings. The highest BCUT2D eigenvalue weighted by molar-refractivity contribution is 6.03. The number of hydrogen-bond acceptors (Lipinski definition) is 6. The van der Waals surface area contributed by atoms with E-state index in [0.717, 1.165) is 0 Å². The van der Waals surface area contributed by atoms with Gasteiger partial charge in [0.2, 0.25) is 17.7 Å². The van der Waals surface area contributed by atoms with Crippen LogP contribution in [0.25, 0.3) is 0 Å². The van der Waals surface area contributed by atoms with Crippen molar-refractivity contribution in [1.29, 1.82) is 0 Å². The molecular formula is C26H54N2O6. The third-order valence-corrected chi connectivity index (χ3v) is 4.63. The molecule has 1 N–H and O–H groups in total. The van der Waals surface area contributed by atoms with Crippen molar-refractivity contribution in [2.75, 3.05) is 40.0 Å². The molecule has 1 heterocycles. The summed E-state index contributed by atoms with van der Waals surface area (Å²) in [7, 11) is 1.66. The maximum atomic E-state index is 11.9. The van der Waals surface area contributed by atoms with Crippen LogP contribution in [-0.4, -0.2) is 73.8 Å². The zero-order valence-electron chi connectivity index (χ0n) is 24.1.